The number of nitrogens with zero attached hydrogens (tertiary/aromatic N) is 2. The number of hydrogen-bond donors (Lipinski definition) is 1. The van der Waals surface area contributed by atoms with Crippen molar-refractivity contribution in [3.8, 4) is 0 Å². The molecule has 108 valence electrons. The minimum Gasteiger partial charge on any atom is -0.481 e. The topological polar surface area (TPSA) is 55.1 Å². The molecule has 0 aromatic carbocycles. The molecular weight excluding hydrogens is 273 g/mol. The van der Waals surface area contributed by atoms with Crippen LogP contribution in [0.3, 0.4) is 0 Å². The predicted octanol–water partition coefficient (Wildman–Crippen LogP) is 3.35. The van der Waals surface area contributed by atoms with Crippen LogP contribution in [0.1, 0.15) is 19.0 Å². The summed E-state index contributed by atoms with van der Waals surface area (Å²) in [6.45, 7) is 1.08. The van der Waals surface area contributed by atoms with Crippen molar-refractivity contribution in [3.63, 3.8) is 0 Å². The zero-order valence-electron chi connectivity index (χ0n) is 10.6. The lowest BCUT2D eigenvalue weighted by Crippen LogP contribution is -2.13. The lowest BCUT2D eigenvalue weighted by molar-refractivity contribution is -0.142. The van der Waals surface area contributed by atoms with Gasteiger partial charge in [0.15, 0.2) is 0 Å². The Morgan fingerprint density at radius 3 is 2.65 bits per heavy atom. The second-order valence-electron chi connectivity index (χ2n) is 3.80. The third-order valence-corrected chi connectivity index (χ3v) is 2.14. The van der Waals surface area contributed by atoms with Crippen LogP contribution in [-0.4, -0.2) is 20.9 Å². The number of allylic oxidation sites excluding steroid dienone is 6. The van der Waals surface area contributed by atoms with Gasteiger partial charge in [-0.1, -0.05) is 18.2 Å². The number of rotatable bonds is 1. The van der Waals surface area contributed by atoms with E-state index >= 15 is 0 Å². The van der Waals surface area contributed by atoms with Crippen molar-refractivity contribution in [2.45, 2.75) is 19.5 Å². The fourth-order valence-electron chi connectivity index (χ4n) is 1.43. The number of carboxylic acids is 1. The summed E-state index contributed by atoms with van der Waals surface area (Å²) in [4.78, 5) is 9.00. The van der Waals surface area contributed by atoms with Crippen LogP contribution in [0.4, 0.5) is 13.2 Å². The molecule has 20 heavy (non-hydrogen) atoms. The monoisotopic (exact) mass is 286 g/mol. The third-order valence-electron chi connectivity index (χ3n) is 2.14. The molecule has 0 saturated carbocycles. The van der Waals surface area contributed by atoms with Crippen molar-refractivity contribution < 1.29 is 23.1 Å². The highest BCUT2D eigenvalue weighted by Crippen LogP contribution is 2.30. The van der Waals surface area contributed by atoms with Crippen LogP contribution in [-0.2, 0) is 11.0 Å². The van der Waals surface area contributed by atoms with Crippen LogP contribution < -0.4 is 0 Å². The van der Waals surface area contributed by atoms with Crippen LogP contribution in [0.25, 0.3) is 5.70 Å². The Hall–Kier alpha value is -2.31. The molecule has 1 aromatic rings. The molecule has 1 aromatic heterocycles. The standard InChI is InChI=1S/C11H9F3N2.C2H4O2/c12-11(13,14)10-7-8-15-16(10)9-5-3-1-2-4-6-9;1-2(3)4/h1,3-8H,2H2;1H3,(H,3,4). The molecule has 1 heterocycles. The summed E-state index contributed by atoms with van der Waals surface area (Å²) in [7, 11) is 0. The van der Waals surface area contributed by atoms with E-state index < -0.39 is 17.8 Å². The van der Waals surface area contributed by atoms with Gasteiger partial charge in [0.1, 0.15) is 5.69 Å². The maximum atomic E-state index is 12.6. The minimum atomic E-state index is -4.39. The highest BCUT2D eigenvalue weighted by molar-refractivity contribution is 5.63. The number of aliphatic carboxylic acids is 1. The van der Waals surface area contributed by atoms with Gasteiger partial charge in [0.2, 0.25) is 0 Å². The molecule has 0 unspecified atom stereocenters. The van der Waals surface area contributed by atoms with Crippen molar-refractivity contribution in [2.75, 3.05) is 0 Å². The van der Waals surface area contributed by atoms with Gasteiger partial charge in [-0.15, -0.1) is 0 Å². The molecule has 0 spiro atoms. The molecule has 0 fully saturated rings. The van der Waals surface area contributed by atoms with Gasteiger partial charge in [-0.25, -0.2) is 4.68 Å². The van der Waals surface area contributed by atoms with Gasteiger partial charge >= 0.3 is 6.18 Å². The number of alkyl halides is 3. The summed E-state index contributed by atoms with van der Waals surface area (Å²) in [5.74, 6) is -0.833. The van der Waals surface area contributed by atoms with Crippen LogP contribution in [0, 0.1) is 0 Å². The Labute approximate surface area is 113 Å². The van der Waals surface area contributed by atoms with E-state index in [1.807, 2.05) is 6.08 Å². The van der Waals surface area contributed by atoms with E-state index in [-0.39, 0.29) is 0 Å². The molecule has 4 nitrogen and oxygen atoms in total. The van der Waals surface area contributed by atoms with Crippen molar-refractivity contribution in [2.24, 2.45) is 0 Å². The van der Waals surface area contributed by atoms with E-state index in [0.29, 0.717) is 12.1 Å². The number of aromatic nitrogens is 2. The predicted molar refractivity (Wildman–Crippen MR) is 67.7 cm³/mol. The summed E-state index contributed by atoms with van der Waals surface area (Å²) in [6, 6.07) is 0.962. The van der Waals surface area contributed by atoms with E-state index in [1.165, 1.54) is 0 Å². The van der Waals surface area contributed by atoms with E-state index in [2.05, 4.69) is 5.10 Å². The Morgan fingerprint density at radius 2 is 2.05 bits per heavy atom. The third kappa shape index (κ3) is 4.75. The van der Waals surface area contributed by atoms with Gasteiger partial charge in [-0.3, -0.25) is 4.79 Å². The smallest absolute Gasteiger partial charge is 0.433 e. The summed E-state index contributed by atoms with van der Waals surface area (Å²) in [5.41, 5.74) is -0.357. The van der Waals surface area contributed by atoms with Crippen LogP contribution >= 0.6 is 0 Å². The fourth-order valence-corrected chi connectivity index (χ4v) is 1.43. The lowest BCUT2D eigenvalue weighted by Gasteiger charge is -2.10. The normalized spacial score (nSPS) is 14.1. The molecular formula is C13H13F3N2O2. The first-order chi connectivity index (χ1) is 9.32. The average molecular weight is 286 g/mol. The molecule has 1 aliphatic carbocycles. The SMILES string of the molecule is CC(=O)O.FC(F)(F)c1ccnn1C1=CC=CCC=C1. The van der Waals surface area contributed by atoms with Gasteiger partial charge in [0.25, 0.3) is 5.97 Å². The molecule has 0 amide bonds. The maximum absolute atomic E-state index is 12.6. The maximum Gasteiger partial charge on any atom is 0.433 e. The zero-order valence-corrected chi connectivity index (χ0v) is 10.6. The van der Waals surface area contributed by atoms with Gasteiger partial charge in [0, 0.05) is 6.92 Å². The Balaban J connectivity index is 0.000000444. The van der Waals surface area contributed by atoms with E-state index in [1.54, 1.807) is 24.3 Å². The number of carboxylic acid groups (broad SMARTS) is 1. The van der Waals surface area contributed by atoms with Crippen LogP contribution in [0.15, 0.2) is 42.6 Å². The van der Waals surface area contributed by atoms with E-state index in [9.17, 15) is 13.2 Å². The van der Waals surface area contributed by atoms with Gasteiger partial charge in [0.05, 0.1) is 11.9 Å². The molecule has 0 saturated heterocycles. The van der Waals surface area contributed by atoms with Crippen molar-refractivity contribution >= 4 is 11.7 Å². The Kier molecular flexibility index (Phi) is 5.31. The molecule has 0 atom stereocenters. The Morgan fingerprint density at radius 1 is 1.40 bits per heavy atom. The first-order valence-corrected chi connectivity index (χ1v) is 5.67. The van der Waals surface area contributed by atoms with Crippen molar-refractivity contribution in [1.82, 2.24) is 9.78 Å². The summed E-state index contributed by atoms with van der Waals surface area (Å²) < 4.78 is 38.7. The zero-order chi connectivity index (χ0) is 15.2. The second kappa shape index (κ2) is 6.74. The number of hydrogen-bond acceptors (Lipinski definition) is 2. The second-order valence-corrected chi connectivity index (χ2v) is 3.80. The first-order valence-electron chi connectivity index (χ1n) is 5.67. The quantitative estimate of drug-likeness (QED) is 0.861. The first kappa shape index (κ1) is 15.7. The molecule has 1 aliphatic rings. The van der Waals surface area contributed by atoms with E-state index in [4.69, 9.17) is 9.90 Å². The molecule has 7 heteroatoms. The van der Waals surface area contributed by atoms with Gasteiger partial charge < -0.3 is 5.11 Å². The molecule has 0 aliphatic heterocycles. The molecule has 1 N–H and O–H groups in total. The van der Waals surface area contributed by atoms with Gasteiger partial charge in [-0.2, -0.15) is 18.3 Å². The molecule has 0 bridgehead atoms. The average Bonchev–Trinajstić information content (AvgIpc) is 2.65. The minimum absolute atomic E-state index is 0.408. The summed E-state index contributed by atoms with van der Waals surface area (Å²) in [5, 5.41) is 11.1. The van der Waals surface area contributed by atoms with Crippen molar-refractivity contribution in [3.05, 3.63) is 48.3 Å². The summed E-state index contributed by atoms with van der Waals surface area (Å²) >= 11 is 0. The van der Waals surface area contributed by atoms with Crippen LogP contribution in [0.5, 0.6) is 0 Å². The fraction of sp³-hybridized carbons (Fsp3) is 0.231. The summed E-state index contributed by atoms with van der Waals surface area (Å²) in [6.07, 6.45) is 6.07. The van der Waals surface area contributed by atoms with Gasteiger partial charge in [-0.05, 0) is 24.6 Å². The largest absolute Gasteiger partial charge is 0.481 e. The van der Waals surface area contributed by atoms with Crippen LogP contribution in [0.2, 0.25) is 0 Å². The molecule has 0 radical (unpaired) electrons. The highest BCUT2D eigenvalue weighted by Gasteiger charge is 2.35. The highest BCUT2D eigenvalue weighted by atomic mass is 19.4. The lowest BCUT2D eigenvalue weighted by atomic mass is 10.3. The van der Waals surface area contributed by atoms with Crippen molar-refractivity contribution in [1.29, 1.82) is 0 Å². The number of halogens is 3. The Bertz CT molecular complexity index is 550. The van der Waals surface area contributed by atoms with E-state index in [0.717, 1.165) is 23.9 Å². The molecule has 2 rings (SSSR count). The number of carbonyl (C=O) groups is 1.